The second kappa shape index (κ2) is 5.34. The summed E-state index contributed by atoms with van der Waals surface area (Å²) in [4.78, 5) is 22.1. The van der Waals surface area contributed by atoms with Crippen molar-refractivity contribution < 1.29 is 14.3 Å². The van der Waals surface area contributed by atoms with Gasteiger partial charge in [-0.1, -0.05) is 6.07 Å². The summed E-state index contributed by atoms with van der Waals surface area (Å²) in [6.45, 7) is 4.06. The lowest BCUT2D eigenvalue weighted by Crippen LogP contribution is -2.31. The van der Waals surface area contributed by atoms with Crippen molar-refractivity contribution in [3.63, 3.8) is 0 Å². The highest BCUT2D eigenvalue weighted by atomic mass is 16.5. The third-order valence-electron chi connectivity index (χ3n) is 2.67. The van der Waals surface area contributed by atoms with Gasteiger partial charge in [-0.3, -0.25) is 4.79 Å². The lowest BCUT2D eigenvalue weighted by molar-refractivity contribution is -0.152. The lowest BCUT2D eigenvalue weighted by Gasteiger charge is -2.12. The summed E-state index contributed by atoms with van der Waals surface area (Å²) >= 11 is 0. The Morgan fingerprint density at radius 2 is 2.00 bits per heavy atom. The van der Waals surface area contributed by atoms with Crippen LogP contribution in [-0.4, -0.2) is 19.0 Å². The van der Waals surface area contributed by atoms with E-state index in [0.717, 1.165) is 16.7 Å². The summed E-state index contributed by atoms with van der Waals surface area (Å²) in [6.07, 6.45) is 0. The number of carbonyl (C=O) groups excluding carboxylic acids is 2. The van der Waals surface area contributed by atoms with E-state index in [4.69, 9.17) is 5.73 Å². The molecule has 1 aromatic rings. The maximum atomic E-state index is 11.2. The number of nitrogens with two attached hydrogens (primary N) is 1. The highest BCUT2D eigenvalue weighted by Crippen LogP contribution is 2.19. The van der Waals surface area contributed by atoms with Crippen LogP contribution in [0.1, 0.15) is 16.7 Å². The molecule has 0 fully saturated rings. The minimum Gasteiger partial charge on any atom is -0.462 e. The molecule has 1 aromatic carbocycles. The first-order valence-electron chi connectivity index (χ1n) is 5.18. The Hall–Kier alpha value is -2.04. The molecule has 17 heavy (non-hydrogen) atoms. The Bertz CT molecular complexity index is 455. The van der Waals surface area contributed by atoms with Crippen molar-refractivity contribution in [2.45, 2.75) is 20.4 Å². The number of esters is 1. The van der Waals surface area contributed by atoms with E-state index in [0.29, 0.717) is 5.69 Å². The third kappa shape index (κ3) is 2.96. The number of rotatable bonds is 2. The Morgan fingerprint density at radius 3 is 2.59 bits per heavy atom. The summed E-state index contributed by atoms with van der Waals surface area (Å²) < 4.78 is 4.31. The van der Waals surface area contributed by atoms with E-state index in [9.17, 15) is 9.59 Å². The monoisotopic (exact) mass is 236 g/mol. The predicted molar refractivity (Wildman–Crippen MR) is 64.2 cm³/mol. The van der Waals surface area contributed by atoms with Gasteiger partial charge in [0.15, 0.2) is 0 Å². The number of hydrogen-bond acceptors (Lipinski definition) is 4. The van der Waals surface area contributed by atoms with Gasteiger partial charge < -0.3 is 15.8 Å². The molecular weight excluding hydrogens is 220 g/mol. The molecule has 0 aliphatic rings. The zero-order valence-corrected chi connectivity index (χ0v) is 10.2. The van der Waals surface area contributed by atoms with Crippen LogP contribution in [-0.2, 0) is 20.9 Å². The largest absolute Gasteiger partial charge is 0.462 e. The zero-order chi connectivity index (χ0) is 13.0. The molecule has 92 valence electrons. The molecule has 0 saturated heterocycles. The molecule has 0 aliphatic heterocycles. The number of nitrogen functional groups attached to an aromatic ring is 1. The standard InChI is InChI=1S/C12H16N2O3/c1-7-4-5-10(13)8(2)9(7)6-14-11(15)12(16)17-3/h4-5H,6,13H2,1-3H3,(H,14,15). The molecule has 1 rings (SSSR count). The van der Waals surface area contributed by atoms with E-state index in [-0.39, 0.29) is 6.54 Å². The van der Waals surface area contributed by atoms with Gasteiger partial charge in [0.25, 0.3) is 0 Å². The maximum Gasteiger partial charge on any atom is 0.396 e. The van der Waals surface area contributed by atoms with E-state index in [1.54, 1.807) is 0 Å². The molecule has 0 bridgehead atoms. The normalized spacial score (nSPS) is 9.82. The Labute approximate surface area is 99.9 Å². The number of methoxy groups -OCH3 is 1. The number of amides is 1. The number of anilines is 1. The summed E-state index contributed by atoms with van der Waals surface area (Å²) in [5, 5.41) is 2.49. The number of nitrogens with one attached hydrogen (secondary N) is 1. The van der Waals surface area contributed by atoms with Crippen LogP contribution in [0.4, 0.5) is 5.69 Å². The van der Waals surface area contributed by atoms with Gasteiger partial charge in [0.2, 0.25) is 0 Å². The van der Waals surface area contributed by atoms with Gasteiger partial charge in [-0.05, 0) is 36.6 Å². The Balaban J connectivity index is 2.80. The van der Waals surface area contributed by atoms with Gasteiger partial charge in [0, 0.05) is 12.2 Å². The smallest absolute Gasteiger partial charge is 0.396 e. The topological polar surface area (TPSA) is 81.4 Å². The Morgan fingerprint density at radius 1 is 1.35 bits per heavy atom. The molecule has 0 spiro atoms. The van der Waals surface area contributed by atoms with Crippen LogP contribution < -0.4 is 11.1 Å². The Kier molecular flexibility index (Phi) is 4.09. The van der Waals surface area contributed by atoms with Gasteiger partial charge in [0.1, 0.15) is 0 Å². The van der Waals surface area contributed by atoms with Crippen LogP contribution in [0, 0.1) is 13.8 Å². The number of hydrogen-bond donors (Lipinski definition) is 2. The number of ether oxygens (including phenoxy) is 1. The molecule has 5 nitrogen and oxygen atoms in total. The lowest BCUT2D eigenvalue weighted by atomic mass is 10.0. The quantitative estimate of drug-likeness (QED) is 0.449. The van der Waals surface area contributed by atoms with Crippen LogP contribution >= 0.6 is 0 Å². The highest BCUT2D eigenvalue weighted by molar-refractivity contribution is 6.32. The van der Waals surface area contributed by atoms with Crippen LogP contribution in [0.25, 0.3) is 0 Å². The molecule has 3 N–H and O–H groups in total. The van der Waals surface area contributed by atoms with Crippen molar-refractivity contribution in [3.05, 3.63) is 28.8 Å². The molecule has 1 amide bonds. The minimum absolute atomic E-state index is 0.261. The minimum atomic E-state index is -0.899. The zero-order valence-electron chi connectivity index (χ0n) is 10.2. The van der Waals surface area contributed by atoms with E-state index in [1.807, 2.05) is 26.0 Å². The number of carbonyl (C=O) groups is 2. The van der Waals surface area contributed by atoms with E-state index >= 15 is 0 Å². The third-order valence-corrected chi connectivity index (χ3v) is 2.67. The first-order chi connectivity index (χ1) is 7.97. The average Bonchev–Trinajstić information content (AvgIpc) is 2.32. The number of benzene rings is 1. The summed E-state index contributed by atoms with van der Waals surface area (Å²) in [6, 6.07) is 3.69. The summed E-state index contributed by atoms with van der Waals surface area (Å²) in [5.41, 5.74) is 9.29. The molecule has 5 heteroatoms. The van der Waals surface area contributed by atoms with Crippen molar-refractivity contribution in [1.29, 1.82) is 0 Å². The van der Waals surface area contributed by atoms with Crippen molar-refractivity contribution in [2.75, 3.05) is 12.8 Å². The van der Waals surface area contributed by atoms with Gasteiger partial charge in [0.05, 0.1) is 7.11 Å². The molecular formula is C12H16N2O3. The number of aryl methyl sites for hydroxylation is 1. The van der Waals surface area contributed by atoms with Crippen molar-refractivity contribution in [3.8, 4) is 0 Å². The van der Waals surface area contributed by atoms with Crippen LogP contribution in [0.3, 0.4) is 0 Å². The summed E-state index contributed by atoms with van der Waals surface area (Å²) in [7, 11) is 1.17. The van der Waals surface area contributed by atoms with Gasteiger partial charge in [-0.2, -0.15) is 0 Å². The van der Waals surface area contributed by atoms with Crippen LogP contribution in [0.2, 0.25) is 0 Å². The average molecular weight is 236 g/mol. The fourth-order valence-electron chi connectivity index (χ4n) is 1.52. The fourth-order valence-corrected chi connectivity index (χ4v) is 1.52. The van der Waals surface area contributed by atoms with E-state index in [2.05, 4.69) is 10.1 Å². The second-order valence-corrected chi connectivity index (χ2v) is 3.75. The molecule has 0 saturated carbocycles. The van der Waals surface area contributed by atoms with Crippen LogP contribution in [0.15, 0.2) is 12.1 Å². The van der Waals surface area contributed by atoms with Crippen molar-refractivity contribution in [2.24, 2.45) is 0 Å². The second-order valence-electron chi connectivity index (χ2n) is 3.75. The van der Waals surface area contributed by atoms with Crippen molar-refractivity contribution in [1.82, 2.24) is 5.32 Å². The molecule has 0 aliphatic carbocycles. The maximum absolute atomic E-state index is 11.2. The first-order valence-corrected chi connectivity index (χ1v) is 5.18. The van der Waals surface area contributed by atoms with Gasteiger partial charge in [-0.25, -0.2) is 4.79 Å². The molecule has 0 aromatic heterocycles. The molecule has 0 heterocycles. The predicted octanol–water partition coefficient (Wildman–Crippen LogP) is 0.675. The SMILES string of the molecule is COC(=O)C(=O)NCc1c(C)ccc(N)c1C. The van der Waals surface area contributed by atoms with E-state index < -0.39 is 11.9 Å². The van der Waals surface area contributed by atoms with Crippen molar-refractivity contribution >= 4 is 17.6 Å². The molecule has 0 unspecified atom stereocenters. The highest BCUT2D eigenvalue weighted by Gasteiger charge is 2.14. The van der Waals surface area contributed by atoms with Gasteiger partial charge in [-0.15, -0.1) is 0 Å². The summed E-state index contributed by atoms with van der Waals surface area (Å²) in [5.74, 6) is -1.65. The first kappa shape index (κ1) is 13.0. The fraction of sp³-hybridized carbons (Fsp3) is 0.333. The molecule has 0 atom stereocenters. The van der Waals surface area contributed by atoms with E-state index in [1.165, 1.54) is 7.11 Å². The van der Waals surface area contributed by atoms with Gasteiger partial charge >= 0.3 is 11.9 Å². The molecule has 0 radical (unpaired) electrons. The van der Waals surface area contributed by atoms with Crippen LogP contribution in [0.5, 0.6) is 0 Å².